The maximum absolute atomic E-state index is 12.1. The van der Waals surface area contributed by atoms with Crippen molar-refractivity contribution in [2.45, 2.75) is 44.9 Å². The van der Waals surface area contributed by atoms with Crippen LogP contribution in [0.1, 0.15) is 44.9 Å². The maximum Gasteiger partial charge on any atom is 0.233 e. The quantitative estimate of drug-likeness (QED) is 0.661. The average Bonchev–Trinajstić information content (AvgIpc) is 3.39. The van der Waals surface area contributed by atoms with Crippen molar-refractivity contribution in [3.05, 3.63) is 0 Å². The van der Waals surface area contributed by atoms with Crippen molar-refractivity contribution in [1.29, 1.82) is 0 Å². The van der Waals surface area contributed by atoms with Crippen LogP contribution in [-0.2, 0) is 9.53 Å². The van der Waals surface area contributed by atoms with Crippen LogP contribution in [0.4, 0.5) is 0 Å². The summed E-state index contributed by atoms with van der Waals surface area (Å²) >= 11 is 0. The highest BCUT2D eigenvalue weighted by Crippen LogP contribution is 2.36. The van der Waals surface area contributed by atoms with Crippen LogP contribution in [0.2, 0.25) is 0 Å². The van der Waals surface area contributed by atoms with Crippen molar-refractivity contribution < 1.29 is 9.53 Å². The van der Waals surface area contributed by atoms with Crippen molar-refractivity contribution in [2.75, 3.05) is 52.5 Å². The first-order chi connectivity index (χ1) is 11.3. The Morgan fingerprint density at radius 1 is 1.08 bits per heavy atom. The predicted molar refractivity (Wildman–Crippen MR) is 106 cm³/mol. The number of morpholine rings is 1. The van der Waals surface area contributed by atoms with Gasteiger partial charge in [0.15, 0.2) is 0 Å². The number of amides is 1. The summed E-state index contributed by atoms with van der Waals surface area (Å²) in [6.07, 6.45) is 9.12. The fourth-order valence-corrected chi connectivity index (χ4v) is 3.99. The van der Waals surface area contributed by atoms with Crippen LogP contribution in [0.3, 0.4) is 0 Å². The molecule has 148 valence electrons. The number of ether oxygens (including phenoxy) is 1. The summed E-state index contributed by atoms with van der Waals surface area (Å²) in [7, 11) is 0. The summed E-state index contributed by atoms with van der Waals surface area (Å²) in [5, 5.41) is 6.51. The number of carbonyl (C=O) groups excluding carboxylic acids is 1. The van der Waals surface area contributed by atoms with Crippen molar-refractivity contribution >= 4 is 30.7 Å². The number of halogens is 2. The molecule has 3 aliphatic rings. The molecule has 1 saturated heterocycles. The lowest BCUT2D eigenvalue weighted by Crippen LogP contribution is -2.50. The van der Waals surface area contributed by atoms with E-state index in [0.717, 1.165) is 51.9 Å². The molecule has 0 atom stereocenters. The van der Waals surface area contributed by atoms with E-state index in [-0.39, 0.29) is 36.1 Å². The number of rotatable bonds is 8. The van der Waals surface area contributed by atoms with Crippen molar-refractivity contribution in [3.8, 4) is 0 Å². The van der Waals surface area contributed by atoms with E-state index in [1.807, 2.05) is 0 Å². The Balaban J connectivity index is 0.00000156. The lowest BCUT2D eigenvalue weighted by molar-refractivity contribution is -0.121. The number of carbonyl (C=O) groups is 1. The molecule has 0 radical (unpaired) electrons. The molecular weight excluding hydrogens is 361 g/mol. The third kappa shape index (κ3) is 8.00. The summed E-state index contributed by atoms with van der Waals surface area (Å²) in [4.78, 5) is 14.6. The van der Waals surface area contributed by atoms with Gasteiger partial charge in [0.25, 0.3) is 0 Å². The van der Waals surface area contributed by atoms with E-state index in [9.17, 15) is 4.79 Å². The molecule has 7 heteroatoms. The molecule has 1 amide bonds. The molecule has 2 saturated carbocycles. The molecule has 1 aliphatic heterocycles. The van der Waals surface area contributed by atoms with Crippen LogP contribution in [0.5, 0.6) is 0 Å². The number of hydrogen-bond donors (Lipinski definition) is 2. The lowest BCUT2D eigenvalue weighted by atomic mass is 9.73. The van der Waals surface area contributed by atoms with Crippen LogP contribution < -0.4 is 10.6 Å². The molecule has 0 aromatic carbocycles. The van der Waals surface area contributed by atoms with Crippen molar-refractivity contribution in [1.82, 2.24) is 15.5 Å². The minimum Gasteiger partial charge on any atom is -0.379 e. The third-order valence-electron chi connectivity index (χ3n) is 5.65. The van der Waals surface area contributed by atoms with Gasteiger partial charge in [0, 0.05) is 31.6 Å². The Morgan fingerprint density at radius 2 is 1.76 bits per heavy atom. The molecule has 25 heavy (non-hydrogen) atoms. The Bertz CT molecular complexity index is 383. The Morgan fingerprint density at radius 3 is 2.40 bits per heavy atom. The second-order valence-corrected chi connectivity index (χ2v) is 7.80. The van der Waals surface area contributed by atoms with Gasteiger partial charge in [0.05, 0.1) is 19.8 Å². The van der Waals surface area contributed by atoms with Crippen LogP contribution >= 0.6 is 24.8 Å². The van der Waals surface area contributed by atoms with E-state index in [0.29, 0.717) is 6.54 Å². The molecule has 0 aromatic heterocycles. The fourth-order valence-electron chi connectivity index (χ4n) is 3.99. The van der Waals surface area contributed by atoms with Gasteiger partial charge in [0.2, 0.25) is 5.91 Å². The first-order valence-corrected chi connectivity index (χ1v) is 9.53. The van der Waals surface area contributed by atoms with Gasteiger partial charge in [-0.15, -0.1) is 24.8 Å². The highest BCUT2D eigenvalue weighted by Gasteiger charge is 2.34. The van der Waals surface area contributed by atoms with Gasteiger partial charge < -0.3 is 15.4 Å². The number of hydrogen-bond acceptors (Lipinski definition) is 4. The maximum atomic E-state index is 12.1. The molecule has 2 N–H and O–H groups in total. The van der Waals surface area contributed by atoms with Gasteiger partial charge in [-0.2, -0.15) is 0 Å². The predicted octanol–water partition coefficient (Wildman–Crippen LogP) is 2.23. The Hall–Kier alpha value is -0.0700. The third-order valence-corrected chi connectivity index (χ3v) is 5.65. The topological polar surface area (TPSA) is 53.6 Å². The van der Waals surface area contributed by atoms with E-state index in [4.69, 9.17) is 4.74 Å². The molecule has 3 fully saturated rings. The minimum absolute atomic E-state index is 0. The van der Waals surface area contributed by atoms with E-state index in [1.165, 1.54) is 44.9 Å². The zero-order valence-corrected chi connectivity index (χ0v) is 16.9. The summed E-state index contributed by atoms with van der Waals surface area (Å²) < 4.78 is 5.47. The van der Waals surface area contributed by atoms with Gasteiger partial charge in [-0.3, -0.25) is 9.69 Å². The molecule has 5 nitrogen and oxygen atoms in total. The SMILES string of the molecule is Cl.Cl.O=C(CNCC1CC1)NCC1(CN2CCOCC2)CCCCC1. The van der Waals surface area contributed by atoms with Crippen molar-refractivity contribution in [2.24, 2.45) is 11.3 Å². The smallest absolute Gasteiger partial charge is 0.233 e. The first-order valence-electron chi connectivity index (χ1n) is 9.53. The monoisotopic (exact) mass is 395 g/mol. The van der Waals surface area contributed by atoms with Crippen LogP contribution in [-0.4, -0.2) is 63.3 Å². The molecule has 0 aromatic rings. The van der Waals surface area contributed by atoms with Crippen molar-refractivity contribution in [3.63, 3.8) is 0 Å². The van der Waals surface area contributed by atoms with E-state index >= 15 is 0 Å². The summed E-state index contributed by atoms with van der Waals surface area (Å²) in [5.41, 5.74) is 0.280. The average molecular weight is 396 g/mol. The summed E-state index contributed by atoms with van der Waals surface area (Å²) in [5.74, 6) is 0.992. The number of nitrogens with zero attached hydrogens (tertiary/aromatic N) is 1. The minimum atomic E-state index is 0. The highest BCUT2D eigenvalue weighted by molar-refractivity contribution is 5.85. The molecule has 3 rings (SSSR count). The summed E-state index contributed by atoms with van der Waals surface area (Å²) in [6, 6.07) is 0. The Kier molecular flexibility index (Phi) is 10.7. The second kappa shape index (κ2) is 11.6. The highest BCUT2D eigenvalue weighted by atomic mass is 35.5. The molecule has 1 heterocycles. The molecule has 2 aliphatic carbocycles. The van der Waals surface area contributed by atoms with Crippen LogP contribution in [0, 0.1) is 11.3 Å². The van der Waals surface area contributed by atoms with Crippen LogP contribution in [0.25, 0.3) is 0 Å². The van der Waals surface area contributed by atoms with Gasteiger partial charge >= 0.3 is 0 Å². The fraction of sp³-hybridized carbons (Fsp3) is 0.944. The molecular formula is C18H35Cl2N3O2. The number of nitrogens with one attached hydrogen (secondary N) is 2. The van der Waals surface area contributed by atoms with Crippen LogP contribution in [0.15, 0.2) is 0 Å². The van der Waals surface area contributed by atoms with Gasteiger partial charge in [-0.05, 0) is 38.1 Å². The Labute approximate surface area is 164 Å². The summed E-state index contributed by atoms with van der Waals surface area (Å²) in [6.45, 7) is 7.23. The standard InChI is InChI=1S/C18H33N3O2.2ClH/c22-17(13-19-12-16-4-5-16)20-14-18(6-2-1-3-7-18)15-21-8-10-23-11-9-21;;/h16,19H,1-15H2,(H,20,22);2*1H. The molecule has 0 bridgehead atoms. The second-order valence-electron chi connectivity index (χ2n) is 7.80. The van der Waals surface area contributed by atoms with Gasteiger partial charge in [-0.25, -0.2) is 0 Å². The molecule has 0 spiro atoms. The zero-order valence-electron chi connectivity index (χ0n) is 15.3. The normalized spacial score (nSPS) is 23.2. The van der Waals surface area contributed by atoms with E-state index < -0.39 is 0 Å². The molecule has 0 unspecified atom stereocenters. The van der Waals surface area contributed by atoms with Gasteiger partial charge in [-0.1, -0.05) is 19.3 Å². The lowest BCUT2D eigenvalue weighted by Gasteiger charge is -2.42. The van der Waals surface area contributed by atoms with Gasteiger partial charge in [0.1, 0.15) is 0 Å². The van der Waals surface area contributed by atoms with E-state index in [2.05, 4.69) is 15.5 Å². The van der Waals surface area contributed by atoms with E-state index in [1.54, 1.807) is 0 Å². The largest absolute Gasteiger partial charge is 0.379 e. The first kappa shape index (κ1) is 23.0. The zero-order chi connectivity index (χ0) is 16.0.